The Balaban J connectivity index is 1.80. The number of hydrogen-bond donors (Lipinski definition) is 1. The number of amides is 1. The van der Waals surface area contributed by atoms with Crippen LogP contribution in [-0.4, -0.2) is 35.8 Å². The van der Waals surface area contributed by atoms with Crippen LogP contribution in [0.2, 0.25) is 0 Å². The largest absolute Gasteiger partial charge is 0.317 e. The molecule has 1 fully saturated rings. The quantitative estimate of drug-likeness (QED) is 0.872. The Bertz CT molecular complexity index is 395. The number of nitrogens with one attached hydrogen (secondary N) is 1. The van der Waals surface area contributed by atoms with E-state index in [4.69, 9.17) is 0 Å². The maximum Gasteiger partial charge on any atom is 0.226 e. The third-order valence-corrected chi connectivity index (χ3v) is 3.68. The average molecular weight is 250 g/mol. The zero-order chi connectivity index (χ0) is 13.0. The van der Waals surface area contributed by atoms with Crippen molar-refractivity contribution in [3.05, 3.63) is 12.4 Å². The molecule has 2 heterocycles. The first-order chi connectivity index (χ1) is 8.66. The third kappa shape index (κ3) is 3.32. The molecule has 1 N–H and O–H groups in total. The molecular weight excluding hydrogens is 228 g/mol. The lowest BCUT2D eigenvalue weighted by Crippen LogP contribution is -2.30. The molecule has 1 aromatic rings. The second-order valence-corrected chi connectivity index (χ2v) is 5.06. The highest BCUT2D eigenvalue weighted by atomic mass is 16.2. The van der Waals surface area contributed by atoms with Gasteiger partial charge < -0.3 is 10.2 Å². The van der Waals surface area contributed by atoms with Crippen molar-refractivity contribution in [1.82, 2.24) is 15.1 Å². The minimum absolute atomic E-state index is 0.182. The van der Waals surface area contributed by atoms with E-state index in [9.17, 15) is 4.79 Å². The van der Waals surface area contributed by atoms with Crippen LogP contribution in [0.4, 0.5) is 5.69 Å². The van der Waals surface area contributed by atoms with Crippen molar-refractivity contribution in [2.24, 2.45) is 13.0 Å². The number of rotatable bonds is 4. The molecule has 5 heteroatoms. The molecule has 1 aliphatic heterocycles. The van der Waals surface area contributed by atoms with Crippen LogP contribution in [0.3, 0.4) is 0 Å². The zero-order valence-electron chi connectivity index (χ0n) is 11.2. The summed E-state index contributed by atoms with van der Waals surface area (Å²) >= 11 is 0. The topological polar surface area (TPSA) is 50.2 Å². The van der Waals surface area contributed by atoms with Crippen LogP contribution in [0.5, 0.6) is 0 Å². The first-order valence-electron chi connectivity index (χ1n) is 6.62. The third-order valence-electron chi connectivity index (χ3n) is 3.68. The zero-order valence-corrected chi connectivity index (χ0v) is 11.2. The fourth-order valence-corrected chi connectivity index (χ4v) is 2.39. The smallest absolute Gasteiger partial charge is 0.226 e. The van der Waals surface area contributed by atoms with Gasteiger partial charge in [-0.05, 0) is 38.3 Å². The van der Waals surface area contributed by atoms with Gasteiger partial charge in [0.05, 0.1) is 11.9 Å². The van der Waals surface area contributed by atoms with Crippen LogP contribution in [0.1, 0.15) is 25.7 Å². The van der Waals surface area contributed by atoms with Crippen molar-refractivity contribution < 1.29 is 4.79 Å². The monoisotopic (exact) mass is 250 g/mol. The second-order valence-electron chi connectivity index (χ2n) is 5.06. The van der Waals surface area contributed by atoms with Gasteiger partial charge in [0.2, 0.25) is 5.91 Å². The molecule has 0 atom stereocenters. The standard InChI is InChI=1S/C13H22N4O/c1-16-10-12(9-15-16)17(2)13(18)4-3-11-5-7-14-8-6-11/h9-11,14H,3-8H2,1-2H3. The Morgan fingerprint density at radius 1 is 1.56 bits per heavy atom. The van der Waals surface area contributed by atoms with Crippen LogP contribution in [0.15, 0.2) is 12.4 Å². The van der Waals surface area contributed by atoms with E-state index in [1.54, 1.807) is 15.8 Å². The van der Waals surface area contributed by atoms with Gasteiger partial charge in [-0.3, -0.25) is 9.48 Å². The number of piperidine rings is 1. The molecule has 1 saturated heterocycles. The highest BCUT2D eigenvalue weighted by molar-refractivity contribution is 5.92. The fourth-order valence-electron chi connectivity index (χ4n) is 2.39. The van der Waals surface area contributed by atoms with Crippen LogP contribution in [0, 0.1) is 5.92 Å². The predicted octanol–water partition coefficient (Wildman–Crippen LogP) is 1.16. The van der Waals surface area contributed by atoms with Gasteiger partial charge in [0.1, 0.15) is 0 Å². The van der Waals surface area contributed by atoms with E-state index in [1.807, 2.05) is 20.3 Å². The first kappa shape index (κ1) is 13.1. The van der Waals surface area contributed by atoms with E-state index in [0.717, 1.165) is 25.2 Å². The lowest BCUT2D eigenvalue weighted by atomic mass is 9.93. The van der Waals surface area contributed by atoms with Gasteiger partial charge in [-0.25, -0.2) is 0 Å². The van der Waals surface area contributed by atoms with Crippen molar-refractivity contribution >= 4 is 11.6 Å². The van der Waals surface area contributed by atoms with Crippen molar-refractivity contribution in [1.29, 1.82) is 0 Å². The molecule has 1 aromatic heterocycles. The maximum absolute atomic E-state index is 12.1. The molecule has 0 bridgehead atoms. The molecule has 0 radical (unpaired) electrons. The van der Waals surface area contributed by atoms with E-state index >= 15 is 0 Å². The molecule has 0 saturated carbocycles. The van der Waals surface area contributed by atoms with E-state index in [-0.39, 0.29) is 5.91 Å². The number of hydrogen-bond acceptors (Lipinski definition) is 3. The molecule has 1 amide bonds. The summed E-state index contributed by atoms with van der Waals surface area (Å²) in [7, 11) is 3.68. The Hall–Kier alpha value is -1.36. The van der Waals surface area contributed by atoms with E-state index < -0.39 is 0 Å². The van der Waals surface area contributed by atoms with Crippen LogP contribution in [0.25, 0.3) is 0 Å². The number of carbonyl (C=O) groups excluding carboxylic acids is 1. The summed E-state index contributed by atoms with van der Waals surface area (Å²) in [5.74, 6) is 0.888. The van der Waals surface area contributed by atoms with Crippen LogP contribution < -0.4 is 10.2 Å². The molecule has 0 aliphatic carbocycles. The van der Waals surface area contributed by atoms with Gasteiger partial charge in [0.15, 0.2) is 0 Å². The van der Waals surface area contributed by atoms with Gasteiger partial charge in [-0.15, -0.1) is 0 Å². The van der Waals surface area contributed by atoms with Gasteiger partial charge in [-0.1, -0.05) is 0 Å². The van der Waals surface area contributed by atoms with Gasteiger partial charge in [0, 0.05) is 26.7 Å². The minimum Gasteiger partial charge on any atom is -0.317 e. The minimum atomic E-state index is 0.182. The Morgan fingerprint density at radius 3 is 2.89 bits per heavy atom. The second kappa shape index (κ2) is 6.00. The highest BCUT2D eigenvalue weighted by Crippen LogP contribution is 2.19. The molecule has 0 aromatic carbocycles. The van der Waals surface area contributed by atoms with Crippen LogP contribution >= 0.6 is 0 Å². The molecule has 5 nitrogen and oxygen atoms in total. The molecule has 18 heavy (non-hydrogen) atoms. The normalized spacial score (nSPS) is 16.8. The number of nitrogens with zero attached hydrogens (tertiary/aromatic N) is 3. The lowest BCUT2D eigenvalue weighted by molar-refractivity contribution is -0.118. The van der Waals surface area contributed by atoms with Crippen molar-refractivity contribution in [3.63, 3.8) is 0 Å². The molecule has 100 valence electrons. The van der Waals surface area contributed by atoms with Crippen molar-refractivity contribution in [3.8, 4) is 0 Å². The van der Waals surface area contributed by atoms with E-state index in [2.05, 4.69) is 10.4 Å². The Kier molecular flexibility index (Phi) is 4.36. The number of aryl methyl sites for hydroxylation is 1. The van der Waals surface area contributed by atoms with E-state index in [1.165, 1.54) is 12.8 Å². The molecule has 0 spiro atoms. The number of carbonyl (C=O) groups is 1. The van der Waals surface area contributed by atoms with Gasteiger partial charge in [0.25, 0.3) is 0 Å². The molecule has 2 rings (SSSR count). The Labute approximate surface area is 108 Å². The number of aromatic nitrogens is 2. The van der Waals surface area contributed by atoms with E-state index in [0.29, 0.717) is 12.3 Å². The molecule has 0 unspecified atom stereocenters. The predicted molar refractivity (Wildman–Crippen MR) is 71.4 cm³/mol. The summed E-state index contributed by atoms with van der Waals surface area (Å²) in [6.45, 7) is 2.19. The van der Waals surface area contributed by atoms with Gasteiger partial charge in [-0.2, -0.15) is 5.10 Å². The highest BCUT2D eigenvalue weighted by Gasteiger charge is 2.17. The van der Waals surface area contributed by atoms with Crippen molar-refractivity contribution in [2.75, 3.05) is 25.0 Å². The van der Waals surface area contributed by atoms with Crippen molar-refractivity contribution in [2.45, 2.75) is 25.7 Å². The summed E-state index contributed by atoms with van der Waals surface area (Å²) in [6.07, 6.45) is 7.62. The van der Waals surface area contributed by atoms with Crippen LogP contribution in [-0.2, 0) is 11.8 Å². The molecular formula is C13H22N4O. The SMILES string of the molecule is CN(C(=O)CCC1CCNCC1)c1cnn(C)c1. The summed E-state index contributed by atoms with van der Waals surface area (Å²) < 4.78 is 1.71. The summed E-state index contributed by atoms with van der Waals surface area (Å²) in [4.78, 5) is 13.8. The average Bonchev–Trinajstić information content (AvgIpc) is 2.83. The summed E-state index contributed by atoms with van der Waals surface area (Å²) in [5.41, 5.74) is 0.868. The van der Waals surface area contributed by atoms with Gasteiger partial charge >= 0.3 is 0 Å². The molecule has 1 aliphatic rings. The number of anilines is 1. The fraction of sp³-hybridized carbons (Fsp3) is 0.692. The summed E-state index contributed by atoms with van der Waals surface area (Å²) in [6, 6.07) is 0. The summed E-state index contributed by atoms with van der Waals surface area (Å²) in [5, 5.41) is 7.43. The maximum atomic E-state index is 12.1. The Morgan fingerprint density at radius 2 is 2.28 bits per heavy atom. The lowest BCUT2D eigenvalue weighted by Gasteiger charge is -2.23. The first-order valence-corrected chi connectivity index (χ1v) is 6.62.